The third-order valence-corrected chi connectivity index (χ3v) is 4.54. The summed E-state index contributed by atoms with van der Waals surface area (Å²) in [5.41, 5.74) is 0.906. The summed E-state index contributed by atoms with van der Waals surface area (Å²) in [5.74, 6) is 0.312. The molecular weight excluding hydrogens is 293 g/mol. The Hall–Kier alpha value is -1.43. The first-order chi connectivity index (χ1) is 10.2. The molecule has 0 radical (unpaired) electrons. The summed E-state index contributed by atoms with van der Waals surface area (Å²) in [6, 6.07) is 6.95. The number of alkyl halides is 3. The highest BCUT2D eigenvalue weighted by Gasteiger charge is 2.32. The third kappa shape index (κ3) is 4.06. The molecular formula is C16H23F3N2O. The molecule has 0 aromatic heterocycles. The zero-order valence-electron chi connectivity index (χ0n) is 13.4. The Kier molecular flexibility index (Phi) is 4.90. The minimum absolute atomic E-state index is 0.186. The second kappa shape index (κ2) is 6.36. The first kappa shape index (κ1) is 16.9. The van der Waals surface area contributed by atoms with E-state index in [2.05, 4.69) is 35.4 Å². The van der Waals surface area contributed by atoms with Gasteiger partial charge in [-0.15, -0.1) is 13.2 Å². The Labute approximate surface area is 129 Å². The van der Waals surface area contributed by atoms with Gasteiger partial charge in [-0.1, -0.05) is 6.92 Å². The molecule has 0 saturated carbocycles. The lowest BCUT2D eigenvalue weighted by molar-refractivity contribution is -0.274. The number of anilines is 1. The van der Waals surface area contributed by atoms with Gasteiger partial charge in [0.1, 0.15) is 5.75 Å². The van der Waals surface area contributed by atoms with Crippen LogP contribution < -0.4 is 9.64 Å². The van der Waals surface area contributed by atoms with Gasteiger partial charge in [-0.2, -0.15) is 0 Å². The summed E-state index contributed by atoms with van der Waals surface area (Å²) in [4.78, 5) is 4.50. The highest BCUT2D eigenvalue weighted by molar-refractivity contribution is 5.49. The fourth-order valence-corrected chi connectivity index (χ4v) is 3.13. The van der Waals surface area contributed by atoms with E-state index in [1.54, 1.807) is 12.1 Å². The summed E-state index contributed by atoms with van der Waals surface area (Å²) >= 11 is 0. The third-order valence-electron chi connectivity index (χ3n) is 4.54. The van der Waals surface area contributed by atoms with E-state index in [9.17, 15) is 13.2 Å². The number of hydrogen-bond donors (Lipinski definition) is 0. The summed E-state index contributed by atoms with van der Waals surface area (Å²) in [7, 11) is 4.12. The fourth-order valence-electron chi connectivity index (χ4n) is 3.13. The Morgan fingerprint density at radius 2 is 1.77 bits per heavy atom. The molecule has 0 amide bonds. The molecule has 1 aliphatic rings. The number of ether oxygens (including phenoxy) is 1. The van der Waals surface area contributed by atoms with Crippen LogP contribution in [-0.2, 0) is 0 Å². The molecule has 3 atom stereocenters. The average Bonchev–Trinajstić information content (AvgIpc) is 2.41. The Balaban J connectivity index is 2.07. The minimum atomic E-state index is -4.65. The van der Waals surface area contributed by atoms with Gasteiger partial charge in [-0.3, -0.25) is 0 Å². The van der Waals surface area contributed by atoms with Crippen molar-refractivity contribution < 1.29 is 17.9 Å². The largest absolute Gasteiger partial charge is 0.573 e. The van der Waals surface area contributed by atoms with E-state index < -0.39 is 6.36 Å². The van der Waals surface area contributed by atoms with Gasteiger partial charge in [0, 0.05) is 31.4 Å². The molecule has 3 nitrogen and oxygen atoms in total. The minimum Gasteiger partial charge on any atom is -0.406 e. The van der Waals surface area contributed by atoms with Crippen LogP contribution in [0, 0.1) is 5.92 Å². The van der Waals surface area contributed by atoms with Crippen LogP contribution in [0.25, 0.3) is 0 Å². The van der Waals surface area contributed by atoms with Gasteiger partial charge in [-0.05, 0) is 50.6 Å². The molecule has 1 aliphatic heterocycles. The zero-order chi connectivity index (χ0) is 16.5. The average molecular weight is 316 g/mol. The Bertz CT molecular complexity index is 489. The van der Waals surface area contributed by atoms with E-state index in [0.29, 0.717) is 18.0 Å². The maximum Gasteiger partial charge on any atom is 0.573 e. The number of likely N-dealkylation sites (tertiary alicyclic amines) is 1. The quantitative estimate of drug-likeness (QED) is 0.845. The fraction of sp³-hybridized carbons (Fsp3) is 0.625. The standard InChI is InChI=1S/C16H23F3N2O/c1-11-10-20(3)12(2)9-15(11)21(4)13-5-7-14(8-6-13)22-16(17,18)19/h5-8,11-12,15H,9-10H2,1-4H3/t11-,12-,15+/m0/s1. The zero-order valence-corrected chi connectivity index (χ0v) is 13.4. The van der Waals surface area contributed by atoms with Crippen molar-refractivity contribution in [3.05, 3.63) is 24.3 Å². The van der Waals surface area contributed by atoms with Crippen LogP contribution in [0.3, 0.4) is 0 Å². The van der Waals surface area contributed by atoms with Crippen LogP contribution in [-0.4, -0.2) is 44.0 Å². The van der Waals surface area contributed by atoms with Crippen molar-refractivity contribution in [3.8, 4) is 5.75 Å². The van der Waals surface area contributed by atoms with Crippen molar-refractivity contribution in [2.45, 2.75) is 38.7 Å². The SMILES string of the molecule is C[C@H]1CN(C)[C@@H](C)C[C@H]1N(C)c1ccc(OC(F)(F)F)cc1. The molecule has 2 rings (SSSR count). The van der Waals surface area contributed by atoms with Crippen LogP contribution in [0.5, 0.6) is 5.75 Å². The predicted molar refractivity (Wildman–Crippen MR) is 81.2 cm³/mol. The molecule has 0 bridgehead atoms. The number of benzene rings is 1. The van der Waals surface area contributed by atoms with Gasteiger partial charge in [0.2, 0.25) is 0 Å². The van der Waals surface area contributed by atoms with Gasteiger partial charge in [-0.25, -0.2) is 0 Å². The topological polar surface area (TPSA) is 15.7 Å². The summed E-state index contributed by atoms with van der Waals surface area (Å²) in [5, 5.41) is 0. The van der Waals surface area contributed by atoms with Crippen molar-refractivity contribution >= 4 is 5.69 Å². The van der Waals surface area contributed by atoms with E-state index >= 15 is 0 Å². The number of halogens is 3. The lowest BCUT2D eigenvalue weighted by Crippen LogP contribution is -2.51. The lowest BCUT2D eigenvalue weighted by atomic mass is 9.88. The summed E-state index contributed by atoms with van der Waals surface area (Å²) < 4.78 is 40.5. The van der Waals surface area contributed by atoms with Gasteiger partial charge < -0.3 is 14.5 Å². The molecule has 0 N–H and O–H groups in total. The van der Waals surface area contributed by atoms with Crippen LogP contribution >= 0.6 is 0 Å². The molecule has 6 heteroatoms. The summed E-state index contributed by atoms with van der Waals surface area (Å²) in [6.07, 6.45) is -3.61. The molecule has 1 aromatic rings. The van der Waals surface area contributed by atoms with Crippen LogP contribution in [0.2, 0.25) is 0 Å². The number of hydrogen-bond acceptors (Lipinski definition) is 3. The molecule has 124 valence electrons. The Morgan fingerprint density at radius 3 is 2.32 bits per heavy atom. The van der Waals surface area contributed by atoms with Crippen molar-refractivity contribution in [1.29, 1.82) is 0 Å². The molecule has 0 aliphatic carbocycles. The van der Waals surface area contributed by atoms with Crippen molar-refractivity contribution in [1.82, 2.24) is 4.90 Å². The number of piperidine rings is 1. The predicted octanol–water partition coefficient (Wildman–Crippen LogP) is 3.75. The van der Waals surface area contributed by atoms with E-state index in [1.807, 2.05) is 7.05 Å². The number of rotatable bonds is 3. The normalized spacial score (nSPS) is 26.8. The highest BCUT2D eigenvalue weighted by Crippen LogP contribution is 2.30. The van der Waals surface area contributed by atoms with Crippen LogP contribution in [0.1, 0.15) is 20.3 Å². The first-order valence-electron chi connectivity index (χ1n) is 7.46. The lowest BCUT2D eigenvalue weighted by Gasteiger charge is -2.44. The van der Waals surface area contributed by atoms with Gasteiger partial charge >= 0.3 is 6.36 Å². The molecule has 1 fully saturated rings. The second-order valence-electron chi connectivity index (χ2n) is 6.22. The molecule has 22 heavy (non-hydrogen) atoms. The maximum atomic E-state index is 12.2. The van der Waals surface area contributed by atoms with Crippen LogP contribution in [0.4, 0.5) is 18.9 Å². The smallest absolute Gasteiger partial charge is 0.406 e. The van der Waals surface area contributed by atoms with Gasteiger partial charge in [0.25, 0.3) is 0 Å². The first-order valence-corrected chi connectivity index (χ1v) is 7.46. The molecule has 1 saturated heterocycles. The monoisotopic (exact) mass is 316 g/mol. The highest BCUT2D eigenvalue weighted by atomic mass is 19.4. The Morgan fingerprint density at radius 1 is 1.18 bits per heavy atom. The molecule has 1 heterocycles. The van der Waals surface area contributed by atoms with Gasteiger partial charge in [0.05, 0.1) is 0 Å². The summed E-state index contributed by atoms with van der Waals surface area (Å²) in [6.45, 7) is 5.43. The van der Waals surface area contributed by atoms with Crippen molar-refractivity contribution in [3.63, 3.8) is 0 Å². The molecule has 0 spiro atoms. The van der Waals surface area contributed by atoms with E-state index in [1.165, 1.54) is 12.1 Å². The number of nitrogens with zero attached hydrogens (tertiary/aromatic N) is 2. The van der Waals surface area contributed by atoms with E-state index in [0.717, 1.165) is 18.7 Å². The van der Waals surface area contributed by atoms with Crippen molar-refractivity contribution in [2.75, 3.05) is 25.5 Å². The van der Waals surface area contributed by atoms with Crippen LogP contribution in [0.15, 0.2) is 24.3 Å². The van der Waals surface area contributed by atoms with E-state index in [4.69, 9.17) is 0 Å². The van der Waals surface area contributed by atoms with Crippen molar-refractivity contribution in [2.24, 2.45) is 5.92 Å². The van der Waals surface area contributed by atoms with Gasteiger partial charge in [0.15, 0.2) is 0 Å². The molecule has 0 unspecified atom stereocenters. The second-order valence-corrected chi connectivity index (χ2v) is 6.22. The molecule has 1 aromatic carbocycles. The van der Waals surface area contributed by atoms with E-state index in [-0.39, 0.29) is 5.75 Å². The maximum absolute atomic E-state index is 12.2.